The summed E-state index contributed by atoms with van der Waals surface area (Å²) in [6.45, 7) is 14.0. The molecule has 1 fully saturated rings. The highest BCUT2D eigenvalue weighted by Gasteiger charge is 2.32. The van der Waals surface area contributed by atoms with Gasteiger partial charge in [-0.15, -0.1) is 0 Å². The summed E-state index contributed by atoms with van der Waals surface area (Å²) >= 11 is 0. The number of hydrogen-bond acceptors (Lipinski definition) is 3. The summed E-state index contributed by atoms with van der Waals surface area (Å²) in [6, 6.07) is 1.79. The molecule has 1 saturated carbocycles. The van der Waals surface area contributed by atoms with E-state index in [1.165, 1.54) is 38.2 Å². The summed E-state index contributed by atoms with van der Waals surface area (Å²) in [4.78, 5) is 11.9. The van der Waals surface area contributed by atoms with Crippen LogP contribution < -0.4 is 4.74 Å². The topological polar surface area (TPSA) is 46.5 Å². The van der Waals surface area contributed by atoms with E-state index in [0.717, 1.165) is 29.5 Å². The van der Waals surface area contributed by atoms with Crippen LogP contribution in [0.15, 0.2) is 11.6 Å². The maximum atomic E-state index is 11.9. The summed E-state index contributed by atoms with van der Waals surface area (Å²) in [5.41, 5.74) is 3.44. The lowest BCUT2D eigenvalue weighted by molar-refractivity contribution is -0.132. The Balaban J connectivity index is 2.79. The Morgan fingerprint density at radius 2 is 1.56 bits per heavy atom. The van der Waals surface area contributed by atoms with Crippen molar-refractivity contribution in [3.05, 3.63) is 28.3 Å². The number of aromatic hydroxyl groups is 1. The molecule has 0 radical (unpaired) electrons. The summed E-state index contributed by atoms with van der Waals surface area (Å²) < 4.78 is 5.76. The zero-order chi connectivity index (χ0) is 20.4. The molecule has 0 aromatic heterocycles. The summed E-state index contributed by atoms with van der Waals surface area (Å²) in [6.07, 6.45) is 9.26. The van der Waals surface area contributed by atoms with Gasteiger partial charge in [-0.3, -0.25) is 4.79 Å². The summed E-state index contributed by atoms with van der Waals surface area (Å²) in [7, 11) is 0. The molecule has 1 aromatic carbocycles. The number of esters is 1. The predicted octanol–water partition coefficient (Wildman–Crippen LogP) is 6.65. The largest absolute Gasteiger partial charge is 0.507 e. The quantitative estimate of drug-likeness (QED) is 0.359. The molecular weight excluding hydrogens is 336 g/mol. The van der Waals surface area contributed by atoms with Gasteiger partial charge in [0, 0.05) is 23.6 Å². The SMILES string of the molecule is CC(=O)Oc1c(C(C)(C)C)cc(O)c(C=C2CCCCCC2)c1C(C)(C)C. The van der Waals surface area contributed by atoms with Gasteiger partial charge in [-0.2, -0.15) is 0 Å². The first-order valence-electron chi connectivity index (χ1n) is 10.2. The number of rotatable bonds is 2. The molecule has 0 spiro atoms. The fourth-order valence-electron chi connectivity index (χ4n) is 3.89. The van der Waals surface area contributed by atoms with Gasteiger partial charge in [-0.05, 0) is 42.6 Å². The lowest BCUT2D eigenvalue weighted by Gasteiger charge is -2.31. The van der Waals surface area contributed by atoms with Gasteiger partial charge in [0.2, 0.25) is 0 Å². The molecule has 0 unspecified atom stereocenters. The monoisotopic (exact) mass is 372 g/mol. The highest BCUT2D eigenvalue weighted by atomic mass is 16.5. The fraction of sp³-hybridized carbons (Fsp3) is 0.625. The van der Waals surface area contributed by atoms with Gasteiger partial charge in [0.25, 0.3) is 0 Å². The van der Waals surface area contributed by atoms with Crippen LogP contribution >= 0.6 is 0 Å². The summed E-state index contributed by atoms with van der Waals surface area (Å²) in [5.74, 6) is 0.558. The minimum Gasteiger partial charge on any atom is -0.507 e. The molecule has 0 amide bonds. The van der Waals surface area contributed by atoms with Crippen molar-refractivity contribution in [1.82, 2.24) is 0 Å². The van der Waals surface area contributed by atoms with Gasteiger partial charge in [0.15, 0.2) is 0 Å². The predicted molar refractivity (Wildman–Crippen MR) is 112 cm³/mol. The molecule has 2 rings (SSSR count). The number of carbonyl (C=O) groups excluding carboxylic acids is 1. The molecule has 0 bridgehead atoms. The first-order valence-corrected chi connectivity index (χ1v) is 10.2. The van der Waals surface area contributed by atoms with Crippen molar-refractivity contribution < 1.29 is 14.6 Å². The van der Waals surface area contributed by atoms with Crippen LogP contribution in [0.2, 0.25) is 0 Å². The highest BCUT2D eigenvalue weighted by Crippen LogP contribution is 2.46. The van der Waals surface area contributed by atoms with Gasteiger partial charge in [0.05, 0.1) is 0 Å². The van der Waals surface area contributed by atoms with Gasteiger partial charge in [-0.25, -0.2) is 0 Å². The zero-order valence-corrected chi connectivity index (χ0v) is 18.2. The molecule has 0 saturated heterocycles. The van der Waals surface area contributed by atoms with Crippen LogP contribution in [-0.4, -0.2) is 11.1 Å². The third-order valence-corrected chi connectivity index (χ3v) is 5.20. The number of ether oxygens (including phenoxy) is 1. The van der Waals surface area contributed by atoms with E-state index >= 15 is 0 Å². The van der Waals surface area contributed by atoms with Crippen molar-refractivity contribution in [2.75, 3.05) is 0 Å². The van der Waals surface area contributed by atoms with E-state index in [-0.39, 0.29) is 22.5 Å². The van der Waals surface area contributed by atoms with Crippen molar-refractivity contribution in [3.8, 4) is 11.5 Å². The van der Waals surface area contributed by atoms with Gasteiger partial charge in [-0.1, -0.05) is 66.0 Å². The Bertz CT molecular complexity index is 717. The minimum absolute atomic E-state index is 0.254. The van der Waals surface area contributed by atoms with E-state index < -0.39 is 0 Å². The average molecular weight is 373 g/mol. The average Bonchev–Trinajstić information content (AvgIpc) is 2.76. The Morgan fingerprint density at radius 1 is 1.00 bits per heavy atom. The van der Waals surface area contributed by atoms with Crippen LogP contribution in [0, 0.1) is 0 Å². The molecule has 1 N–H and O–H groups in total. The van der Waals surface area contributed by atoms with Crippen molar-refractivity contribution in [2.45, 2.75) is 97.8 Å². The van der Waals surface area contributed by atoms with Crippen LogP contribution in [0.25, 0.3) is 6.08 Å². The molecule has 0 heterocycles. The van der Waals surface area contributed by atoms with Crippen LogP contribution in [0.4, 0.5) is 0 Å². The Labute approximate surface area is 164 Å². The third kappa shape index (κ3) is 5.37. The standard InChI is InChI=1S/C24H36O3/c1-16(25)27-22-19(23(2,3)4)15-20(26)18(21(22)24(5,6)7)14-17-12-10-8-9-11-13-17/h14-15,26H,8-13H2,1-7H3. The Hall–Kier alpha value is -1.77. The van der Waals surface area contributed by atoms with E-state index in [9.17, 15) is 9.90 Å². The maximum absolute atomic E-state index is 11.9. The van der Waals surface area contributed by atoms with E-state index in [1.807, 2.05) is 0 Å². The lowest BCUT2D eigenvalue weighted by atomic mass is 9.76. The third-order valence-electron chi connectivity index (χ3n) is 5.20. The second kappa shape index (κ2) is 8.08. The molecule has 27 heavy (non-hydrogen) atoms. The molecule has 1 aliphatic carbocycles. The second-order valence-electron chi connectivity index (χ2n) is 9.87. The number of carbonyl (C=O) groups is 1. The van der Waals surface area contributed by atoms with Crippen molar-refractivity contribution >= 4 is 12.0 Å². The molecule has 1 aliphatic rings. The van der Waals surface area contributed by atoms with E-state index in [0.29, 0.717) is 5.75 Å². The first kappa shape index (κ1) is 21.5. The van der Waals surface area contributed by atoms with Crippen LogP contribution in [-0.2, 0) is 15.6 Å². The molecule has 0 aliphatic heterocycles. The van der Waals surface area contributed by atoms with E-state index in [1.54, 1.807) is 6.07 Å². The number of allylic oxidation sites excluding steroid dienone is 1. The lowest BCUT2D eigenvalue weighted by Crippen LogP contribution is -2.22. The normalized spacial score (nSPS) is 16.0. The highest BCUT2D eigenvalue weighted by molar-refractivity contribution is 5.76. The number of benzene rings is 1. The number of phenolic OH excluding ortho intramolecular Hbond substituents is 1. The number of hydrogen-bond donors (Lipinski definition) is 1. The first-order chi connectivity index (χ1) is 12.4. The van der Waals surface area contributed by atoms with Crippen molar-refractivity contribution in [3.63, 3.8) is 0 Å². The molecule has 0 atom stereocenters. The smallest absolute Gasteiger partial charge is 0.308 e. The maximum Gasteiger partial charge on any atom is 0.308 e. The van der Waals surface area contributed by atoms with E-state index in [4.69, 9.17) is 4.74 Å². The summed E-state index contributed by atoms with van der Waals surface area (Å²) in [5, 5.41) is 11.0. The molecule has 3 heteroatoms. The fourth-order valence-corrected chi connectivity index (χ4v) is 3.89. The van der Waals surface area contributed by atoms with Crippen LogP contribution in [0.3, 0.4) is 0 Å². The molecule has 1 aromatic rings. The second-order valence-corrected chi connectivity index (χ2v) is 9.87. The Kier molecular flexibility index (Phi) is 6.44. The molecule has 150 valence electrons. The Morgan fingerprint density at radius 3 is 2.00 bits per heavy atom. The van der Waals surface area contributed by atoms with Gasteiger partial charge in [0.1, 0.15) is 11.5 Å². The minimum atomic E-state index is -0.329. The molecular formula is C24H36O3. The number of phenols is 1. The van der Waals surface area contributed by atoms with Crippen LogP contribution in [0.5, 0.6) is 11.5 Å². The van der Waals surface area contributed by atoms with Crippen molar-refractivity contribution in [1.29, 1.82) is 0 Å². The van der Waals surface area contributed by atoms with Gasteiger partial charge < -0.3 is 9.84 Å². The van der Waals surface area contributed by atoms with Crippen LogP contribution in [0.1, 0.15) is 104 Å². The zero-order valence-electron chi connectivity index (χ0n) is 18.2. The van der Waals surface area contributed by atoms with Crippen molar-refractivity contribution in [2.24, 2.45) is 0 Å². The van der Waals surface area contributed by atoms with E-state index in [2.05, 4.69) is 47.6 Å². The van der Waals surface area contributed by atoms with Gasteiger partial charge >= 0.3 is 5.97 Å². The molecule has 3 nitrogen and oxygen atoms in total.